The molecule has 53 heavy (non-hydrogen) atoms. The highest BCUT2D eigenvalue weighted by Gasteiger charge is 2.24. The first-order valence-electron chi connectivity index (χ1n) is 18.5. The van der Waals surface area contributed by atoms with Gasteiger partial charge in [0.15, 0.2) is 0 Å². The van der Waals surface area contributed by atoms with Crippen molar-refractivity contribution in [1.29, 1.82) is 0 Å². The monoisotopic (exact) mass is 756 g/mol. The minimum Gasteiger partial charge on any atom is -0.491 e. The normalized spacial score (nSPS) is 11.7. The SMILES string of the molecule is CC(C)(c1ccc(OCCOCCOCCOCCOCCO)cc1)c1ccc(OCCOCCOCCOCCOCCO)c(CCOCCO)c1. The molecular formula is C39H64O14. The van der Waals surface area contributed by atoms with Crippen LogP contribution < -0.4 is 9.47 Å². The minimum atomic E-state index is -0.290. The van der Waals surface area contributed by atoms with E-state index in [0.29, 0.717) is 132 Å². The van der Waals surface area contributed by atoms with E-state index < -0.39 is 0 Å². The van der Waals surface area contributed by atoms with Crippen molar-refractivity contribution in [3.8, 4) is 11.5 Å². The lowest BCUT2D eigenvalue weighted by Crippen LogP contribution is -2.20. The number of benzene rings is 2. The lowest BCUT2D eigenvalue weighted by Gasteiger charge is -2.27. The molecule has 0 saturated carbocycles. The van der Waals surface area contributed by atoms with Crippen molar-refractivity contribution < 1.29 is 67.4 Å². The second-order valence-corrected chi connectivity index (χ2v) is 12.1. The summed E-state index contributed by atoms with van der Waals surface area (Å²) in [5.41, 5.74) is 3.02. The molecule has 304 valence electrons. The van der Waals surface area contributed by atoms with Crippen molar-refractivity contribution in [3.63, 3.8) is 0 Å². The minimum absolute atomic E-state index is 0.00964. The topological polar surface area (TPSA) is 162 Å². The largest absolute Gasteiger partial charge is 0.491 e. The summed E-state index contributed by atoms with van der Waals surface area (Å²) in [7, 11) is 0. The van der Waals surface area contributed by atoms with E-state index in [2.05, 4.69) is 38.1 Å². The Kier molecular flexibility index (Phi) is 28.1. The molecule has 0 aromatic heterocycles. The van der Waals surface area contributed by atoms with E-state index in [0.717, 1.165) is 28.2 Å². The lowest BCUT2D eigenvalue weighted by molar-refractivity contribution is -0.00782. The summed E-state index contributed by atoms with van der Waals surface area (Å²) in [4.78, 5) is 0. The molecule has 2 rings (SSSR count). The third kappa shape index (κ3) is 22.5. The average Bonchev–Trinajstić information content (AvgIpc) is 3.17. The molecule has 0 aliphatic heterocycles. The van der Waals surface area contributed by atoms with Gasteiger partial charge < -0.3 is 67.4 Å². The Morgan fingerprint density at radius 2 is 0.755 bits per heavy atom. The van der Waals surface area contributed by atoms with Gasteiger partial charge in [-0.3, -0.25) is 0 Å². The molecule has 0 aliphatic rings. The smallest absolute Gasteiger partial charge is 0.122 e. The standard InChI is InChI=1S/C39H64O14/c1-39(2,35-3-6-37(7-4-35)52-31-29-50-27-25-48-23-21-46-19-17-44-15-11-41)36-5-8-38(34(33-36)9-13-43-14-10-40)53-32-30-51-28-26-49-24-22-47-20-18-45-16-12-42/h3-8,33,40-42H,9-32H2,1-2H3. The van der Waals surface area contributed by atoms with Crippen LogP contribution in [0.3, 0.4) is 0 Å². The van der Waals surface area contributed by atoms with Crippen molar-refractivity contribution in [1.82, 2.24) is 0 Å². The fraction of sp³-hybridized carbons (Fsp3) is 0.692. The van der Waals surface area contributed by atoms with Gasteiger partial charge >= 0.3 is 0 Å². The Hall–Kier alpha value is -2.44. The highest BCUT2D eigenvalue weighted by atomic mass is 16.6. The summed E-state index contributed by atoms with van der Waals surface area (Å²) in [6.45, 7) is 13.1. The van der Waals surface area contributed by atoms with E-state index in [1.54, 1.807) is 0 Å². The van der Waals surface area contributed by atoms with Gasteiger partial charge in [0.05, 0.1) is 139 Å². The first kappa shape index (κ1) is 46.7. The Labute approximate surface area is 315 Å². The zero-order chi connectivity index (χ0) is 38.1. The predicted octanol–water partition coefficient (Wildman–Crippen LogP) is 2.44. The van der Waals surface area contributed by atoms with Gasteiger partial charge in [-0.05, 0) is 41.3 Å². The van der Waals surface area contributed by atoms with Crippen molar-refractivity contribution in [3.05, 3.63) is 59.2 Å². The Balaban J connectivity index is 1.72. The molecule has 14 heteroatoms. The van der Waals surface area contributed by atoms with Crippen LogP contribution in [-0.2, 0) is 54.5 Å². The van der Waals surface area contributed by atoms with Gasteiger partial charge in [0.2, 0.25) is 0 Å². The second-order valence-electron chi connectivity index (χ2n) is 12.1. The molecule has 0 aliphatic carbocycles. The van der Waals surface area contributed by atoms with Crippen LogP contribution in [0.2, 0.25) is 0 Å². The van der Waals surface area contributed by atoms with E-state index in [4.69, 9.17) is 67.4 Å². The maximum absolute atomic E-state index is 9.13. The molecule has 0 heterocycles. The number of hydrogen-bond acceptors (Lipinski definition) is 14. The van der Waals surface area contributed by atoms with Gasteiger partial charge in [0, 0.05) is 5.41 Å². The first-order valence-corrected chi connectivity index (χ1v) is 18.5. The van der Waals surface area contributed by atoms with Crippen molar-refractivity contribution in [2.45, 2.75) is 25.7 Å². The van der Waals surface area contributed by atoms with Crippen molar-refractivity contribution in [2.24, 2.45) is 0 Å². The summed E-state index contributed by atoms with van der Waals surface area (Å²) >= 11 is 0. The van der Waals surface area contributed by atoms with Gasteiger partial charge in [-0.25, -0.2) is 0 Å². The molecule has 0 amide bonds. The molecule has 0 bridgehead atoms. The second kappa shape index (κ2) is 31.9. The molecule has 14 nitrogen and oxygen atoms in total. The summed E-state index contributed by atoms with van der Waals surface area (Å²) in [5, 5.41) is 26.5. The molecule has 0 spiro atoms. The maximum atomic E-state index is 9.13. The van der Waals surface area contributed by atoms with Crippen LogP contribution in [0.25, 0.3) is 0 Å². The Morgan fingerprint density at radius 3 is 1.19 bits per heavy atom. The molecule has 0 unspecified atom stereocenters. The number of rotatable bonds is 37. The first-order chi connectivity index (χ1) is 26.0. The van der Waals surface area contributed by atoms with E-state index in [1.807, 2.05) is 18.2 Å². The highest BCUT2D eigenvalue weighted by Crippen LogP contribution is 2.35. The van der Waals surface area contributed by atoms with Gasteiger partial charge in [0.1, 0.15) is 24.7 Å². The van der Waals surface area contributed by atoms with Crippen LogP contribution in [0.4, 0.5) is 0 Å². The number of ether oxygens (including phenoxy) is 11. The maximum Gasteiger partial charge on any atom is 0.122 e. The molecule has 0 radical (unpaired) electrons. The van der Waals surface area contributed by atoms with Crippen LogP contribution in [0, 0.1) is 0 Å². The lowest BCUT2D eigenvalue weighted by atomic mass is 9.77. The Bertz CT molecular complexity index is 1120. The predicted molar refractivity (Wildman–Crippen MR) is 198 cm³/mol. The zero-order valence-electron chi connectivity index (χ0n) is 31.8. The number of aliphatic hydroxyl groups excluding tert-OH is 3. The van der Waals surface area contributed by atoms with Crippen LogP contribution in [0.15, 0.2) is 42.5 Å². The van der Waals surface area contributed by atoms with E-state index >= 15 is 0 Å². The fourth-order valence-corrected chi connectivity index (χ4v) is 4.87. The third-order valence-corrected chi connectivity index (χ3v) is 7.79. The van der Waals surface area contributed by atoms with Crippen LogP contribution in [0.1, 0.15) is 30.5 Å². The van der Waals surface area contributed by atoms with Crippen LogP contribution in [0.5, 0.6) is 11.5 Å². The number of hydrogen-bond donors (Lipinski definition) is 3. The van der Waals surface area contributed by atoms with Crippen LogP contribution in [-0.4, -0.2) is 167 Å². The van der Waals surface area contributed by atoms with Gasteiger partial charge in [-0.15, -0.1) is 0 Å². The molecule has 0 saturated heterocycles. The zero-order valence-corrected chi connectivity index (χ0v) is 31.8. The summed E-state index contributed by atoms with van der Waals surface area (Å²) < 4.78 is 60.9. The molecular weight excluding hydrogens is 692 g/mol. The molecule has 2 aromatic rings. The third-order valence-electron chi connectivity index (χ3n) is 7.79. The van der Waals surface area contributed by atoms with E-state index in [-0.39, 0.29) is 31.8 Å². The van der Waals surface area contributed by atoms with Crippen molar-refractivity contribution in [2.75, 3.05) is 152 Å². The molecule has 2 aromatic carbocycles. The van der Waals surface area contributed by atoms with E-state index in [9.17, 15) is 0 Å². The summed E-state index contributed by atoms with van der Waals surface area (Å²) in [6, 6.07) is 14.4. The Morgan fingerprint density at radius 1 is 0.396 bits per heavy atom. The van der Waals surface area contributed by atoms with Crippen LogP contribution >= 0.6 is 0 Å². The van der Waals surface area contributed by atoms with E-state index in [1.165, 1.54) is 0 Å². The van der Waals surface area contributed by atoms with Gasteiger partial charge in [-0.2, -0.15) is 0 Å². The van der Waals surface area contributed by atoms with Gasteiger partial charge in [0.25, 0.3) is 0 Å². The average molecular weight is 757 g/mol. The quantitative estimate of drug-likeness (QED) is 0.0863. The number of aliphatic hydroxyl groups is 3. The summed E-state index contributed by atoms with van der Waals surface area (Å²) in [5.74, 6) is 1.55. The summed E-state index contributed by atoms with van der Waals surface area (Å²) in [6.07, 6.45) is 0.640. The highest BCUT2D eigenvalue weighted by molar-refractivity contribution is 5.45. The molecule has 3 N–H and O–H groups in total. The van der Waals surface area contributed by atoms with Gasteiger partial charge in [-0.1, -0.05) is 38.1 Å². The van der Waals surface area contributed by atoms with Crippen molar-refractivity contribution >= 4 is 0 Å². The fourth-order valence-electron chi connectivity index (χ4n) is 4.87. The molecule has 0 fully saturated rings. The molecule has 0 atom stereocenters.